The summed E-state index contributed by atoms with van der Waals surface area (Å²) in [6.45, 7) is 1.43. The predicted molar refractivity (Wildman–Crippen MR) is 100.0 cm³/mol. The average molecular weight is 423 g/mol. The Morgan fingerprint density at radius 1 is 1.14 bits per heavy atom. The van der Waals surface area contributed by atoms with Crippen molar-refractivity contribution >= 4 is 11.6 Å². The minimum absolute atomic E-state index is 0.113. The first-order valence-electron chi connectivity index (χ1n) is 8.68. The number of benzene rings is 1. The second-order valence-electron chi connectivity index (χ2n) is 6.98. The fourth-order valence-electron chi connectivity index (χ4n) is 3.47. The minimum atomic E-state index is -4.42. The van der Waals surface area contributed by atoms with Gasteiger partial charge >= 0.3 is 11.9 Å². The Balaban J connectivity index is 1.68. The van der Waals surface area contributed by atoms with E-state index >= 15 is 0 Å². The zero-order valence-electron chi connectivity index (χ0n) is 15.0. The van der Waals surface area contributed by atoms with Crippen LogP contribution in [0.2, 0.25) is 5.15 Å². The van der Waals surface area contributed by atoms with E-state index in [1.54, 1.807) is 12.1 Å². The molecule has 3 aromatic rings. The van der Waals surface area contributed by atoms with Crippen LogP contribution in [-0.4, -0.2) is 20.2 Å². The van der Waals surface area contributed by atoms with Crippen LogP contribution in [0.15, 0.2) is 40.1 Å². The summed E-state index contributed by atoms with van der Waals surface area (Å²) in [6, 6.07) is 5.91. The summed E-state index contributed by atoms with van der Waals surface area (Å²) >= 11 is 6.17. The highest BCUT2D eigenvalue weighted by atomic mass is 35.5. The lowest BCUT2D eigenvalue weighted by Crippen LogP contribution is -2.23. The molecule has 0 bridgehead atoms. The molecular weight excluding hydrogens is 409 g/mol. The van der Waals surface area contributed by atoms with Crippen molar-refractivity contribution < 1.29 is 13.2 Å². The Kier molecular flexibility index (Phi) is 4.57. The molecule has 0 aliphatic heterocycles. The molecule has 1 fully saturated rings. The lowest BCUT2D eigenvalue weighted by atomic mass is 9.99. The van der Waals surface area contributed by atoms with E-state index in [-0.39, 0.29) is 33.8 Å². The van der Waals surface area contributed by atoms with Crippen LogP contribution in [0.1, 0.15) is 40.5 Å². The topological polar surface area (TPSA) is 91.5 Å². The Labute approximate surface area is 166 Å². The van der Waals surface area contributed by atoms with Gasteiger partial charge in [-0.05, 0) is 54.0 Å². The number of aromatic nitrogens is 4. The standard InChI is InChI=1S/C19H14ClF3N4O2/c1-8-2-3-9(4-14(8)19(21,22)23)10-5-11(10)12-6-15(26-27-16(12)20)13-7-24-18(29)25-17(13)28/h2-4,6-7,10-11H,5H2,1H3,(H2,24,25,28,29)/t10-,11+/m1/s1. The van der Waals surface area contributed by atoms with Crippen LogP contribution in [0.25, 0.3) is 11.3 Å². The number of nitrogens with zero attached hydrogens (tertiary/aromatic N) is 2. The van der Waals surface area contributed by atoms with E-state index in [1.165, 1.54) is 25.3 Å². The van der Waals surface area contributed by atoms with E-state index < -0.39 is 23.0 Å². The first kappa shape index (κ1) is 19.4. The van der Waals surface area contributed by atoms with Crippen LogP contribution in [0.4, 0.5) is 13.2 Å². The van der Waals surface area contributed by atoms with E-state index in [4.69, 9.17) is 11.6 Å². The number of halogens is 4. The van der Waals surface area contributed by atoms with Gasteiger partial charge in [0.05, 0.1) is 11.1 Å². The molecule has 0 spiro atoms. The van der Waals surface area contributed by atoms with Gasteiger partial charge in [0.1, 0.15) is 5.69 Å². The van der Waals surface area contributed by atoms with E-state index in [0.29, 0.717) is 17.5 Å². The van der Waals surface area contributed by atoms with Crippen LogP contribution >= 0.6 is 11.6 Å². The Morgan fingerprint density at radius 3 is 2.59 bits per heavy atom. The lowest BCUT2D eigenvalue weighted by Gasteiger charge is -2.12. The number of hydrogen-bond acceptors (Lipinski definition) is 4. The van der Waals surface area contributed by atoms with Crippen molar-refractivity contribution in [2.75, 3.05) is 0 Å². The lowest BCUT2D eigenvalue weighted by molar-refractivity contribution is -0.138. The number of H-pyrrole nitrogens is 2. The molecule has 1 saturated carbocycles. The van der Waals surface area contributed by atoms with E-state index in [9.17, 15) is 22.8 Å². The molecule has 0 amide bonds. The largest absolute Gasteiger partial charge is 0.416 e. The van der Waals surface area contributed by atoms with Crippen molar-refractivity contribution in [1.29, 1.82) is 0 Å². The average Bonchev–Trinajstić information content (AvgIpc) is 3.42. The van der Waals surface area contributed by atoms with Crippen LogP contribution in [0.3, 0.4) is 0 Å². The number of hydrogen-bond donors (Lipinski definition) is 2. The monoisotopic (exact) mass is 422 g/mol. The molecule has 2 atom stereocenters. The summed E-state index contributed by atoms with van der Waals surface area (Å²) in [5, 5.41) is 7.89. The Hall–Kier alpha value is -2.94. The highest BCUT2D eigenvalue weighted by Gasteiger charge is 2.43. The van der Waals surface area contributed by atoms with Crippen LogP contribution in [0.5, 0.6) is 0 Å². The highest BCUT2D eigenvalue weighted by Crippen LogP contribution is 2.56. The molecule has 2 aromatic heterocycles. The molecule has 0 radical (unpaired) electrons. The molecule has 1 aromatic carbocycles. The van der Waals surface area contributed by atoms with Crippen molar-refractivity contribution in [2.24, 2.45) is 0 Å². The van der Waals surface area contributed by atoms with Crippen molar-refractivity contribution in [3.05, 3.63) is 78.7 Å². The second kappa shape index (κ2) is 6.84. The quantitative estimate of drug-likeness (QED) is 0.672. The molecule has 1 aliphatic rings. The van der Waals surface area contributed by atoms with E-state index in [1.807, 2.05) is 0 Å². The molecule has 6 nitrogen and oxygen atoms in total. The van der Waals surface area contributed by atoms with Gasteiger partial charge in [-0.25, -0.2) is 4.79 Å². The Bertz CT molecular complexity index is 1220. The normalized spacial score (nSPS) is 18.7. The van der Waals surface area contributed by atoms with Gasteiger partial charge in [0, 0.05) is 6.20 Å². The zero-order valence-corrected chi connectivity index (χ0v) is 15.7. The molecule has 1 aliphatic carbocycles. The number of nitrogens with one attached hydrogen (secondary N) is 2. The zero-order chi connectivity index (χ0) is 20.9. The fraction of sp³-hybridized carbons (Fsp3) is 0.263. The summed E-state index contributed by atoms with van der Waals surface area (Å²) in [4.78, 5) is 27.6. The van der Waals surface area contributed by atoms with Gasteiger partial charge in [-0.1, -0.05) is 23.7 Å². The molecule has 2 N–H and O–H groups in total. The fourth-order valence-corrected chi connectivity index (χ4v) is 3.70. The summed E-state index contributed by atoms with van der Waals surface area (Å²) in [7, 11) is 0. The molecule has 0 saturated heterocycles. The maximum absolute atomic E-state index is 13.2. The second-order valence-corrected chi connectivity index (χ2v) is 7.34. The summed E-state index contributed by atoms with van der Waals surface area (Å²) in [6.07, 6.45) is -2.59. The van der Waals surface area contributed by atoms with Gasteiger partial charge in [0.2, 0.25) is 0 Å². The van der Waals surface area contributed by atoms with Crippen LogP contribution in [0, 0.1) is 6.92 Å². The number of aromatic amines is 2. The third-order valence-electron chi connectivity index (χ3n) is 5.06. The van der Waals surface area contributed by atoms with Crippen LogP contribution < -0.4 is 11.2 Å². The first-order valence-corrected chi connectivity index (χ1v) is 9.06. The highest BCUT2D eigenvalue weighted by molar-refractivity contribution is 6.30. The minimum Gasteiger partial charge on any atom is -0.313 e. The van der Waals surface area contributed by atoms with Gasteiger partial charge in [-0.3, -0.25) is 9.78 Å². The molecular formula is C19H14ClF3N4O2. The van der Waals surface area contributed by atoms with Gasteiger partial charge in [0.25, 0.3) is 5.56 Å². The molecule has 29 heavy (non-hydrogen) atoms. The maximum atomic E-state index is 13.2. The van der Waals surface area contributed by atoms with Gasteiger partial charge in [-0.15, -0.1) is 10.2 Å². The number of rotatable bonds is 3. The van der Waals surface area contributed by atoms with Crippen molar-refractivity contribution in [2.45, 2.75) is 31.4 Å². The number of alkyl halides is 3. The molecule has 10 heteroatoms. The van der Waals surface area contributed by atoms with Crippen molar-refractivity contribution in [1.82, 2.24) is 20.2 Å². The predicted octanol–water partition coefficient (Wildman–Crippen LogP) is 3.77. The van der Waals surface area contributed by atoms with Crippen molar-refractivity contribution in [3.8, 4) is 11.3 Å². The molecule has 4 rings (SSSR count). The van der Waals surface area contributed by atoms with Gasteiger partial charge in [0.15, 0.2) is 5.15 Å². The van der Waals surface area contributed by atoms with Gasteiger partial charge < -0.3 is 4.98 Å². The molecule has 0 unspecified atom stereocenters. The third kappa shape index (κ3) is 3.69. The van der Waals surface area contributed by atoms with E-state index in [2.05, 4.69) is 20.2 Å². The summed E-state index contributed by atoms with van der Waals surface area (Å²) in [5.41, 5.74) is -0.262. The van der Waals surface area contributed by atoms with Crippen molar-refractivity contribution in [3.63, 3.8) is 0 Å². The molecule has 2 heterocycles. The number of aryl methyl sites for hydroxylation is 1. The van der Waals surface area contributed by atoms with Gasteiger partial charge in [-0.2, -0.15) is 13.2 Å². The van der Waals surface area contributed by atoms with E-state index in [0.717, 1.165) is 0 Å². The maximum Gasteiger partial charge on any atom is 0.416 e. The SMILES string of the molecule is Cc1ccc([C@H]2C[C@@H]2c2cc(-c3c[nH]c(=O)[nH]c3=O)nnc2Cl)cc1C(F)(F)F. The van der Waals surface area contributed by atoms with Crippen LogP contribution in [-0.2, 0) is 6.18 Å². The first-order chi connectivity index (χ1) is 13.6. The summed E-state index contributed by atoms with van der Waals surface area (Å²) in [5.74, 6) is -0.275. The Morgan fingerprint density at radius 2 is 1.90 bits per heavy atom. The third-order valence-corrected chi connectivity index (χ3v) is 5.35. The molecule has 150 valence electrons. The smallest absolute Gasteiger partial charge is 0.313 e. The summed E-state index contributed by atoms with van der Waals surface area (Å²) < 4.78 is 39.6.